The summed E-state index contributed by atoms with van der Waals surface area (Å²) in [6.07, 6.45) is 0. The summed E-state index contributed by atoms with van der Waals surface area (Å²) in [7, 11) is 1.36. The van der Waals surface area contributed by atoms with E-state index in [4.69, 9.17) is 4.74 Å². The number of hydrogen-bond donors (Lipinski definition) is 1. The van der Waals surface area contributed by atoms with Gasteiger partial charge in [0.05, 0.1) is 12.7 Å². The van der Waals surface area contributed by atoms with Gasteiger partial charge in [-0.1, -0.05) is 30.3 Å². The maximum absolute atomic E-state index is 11.6. The third-order valence-corrected chi connectivity index (χ3v) is 3.71. The molecule has 0 spiro atoms. The zero-order valence-corrected chi connectivity index (χ0v) is 10.8. The molecule has 0 saturated carbocycles. The Labute approximate surface area is 111 Å². The minimum absolute atomic E-state index is 0.369. The topological polar surface area (TPSA) is 46.5 Å². The van der Waals surface area contributed by atoms with E-state index in [2.05, 4.69) is 0 Å². The average molecular weight is 254 g/mol. The fraction of sp³-hybridized carbons (Fsp3) is 0.188. The second-order valence-corrected chi connectivity index (χ2v) is 4.87. The van der Waals surface area contributed by atoms with E-state index < -0.39 is 5.60 Å². The van der Waals surface area contributed by atoms with Crippen molar-refractivity contribution in [2.75, 3.05) is 7.11 Å². The molecule has 0 bridgehead atoms. The highest BCUT2D eigenvalue weighted by molar-refractivity contribution is 5.93. The molecule has 96 valence electrons. The first kappa shape index (κ1) is 11.9. The molecule has 1 aliphatic rings. The molecule has 3 nitrogen and oxygen atoms in total. The molecular formula is C16H14O3. The summed E-state index contributed by atoms with van der Waals surface area (Å²) >= 11 is 0. The number of rotatable bonds is 1. The molecule has 0 heterocycles. The van der Waals surface area contributed by atoms with Gasteiger partial charge in [0.1, 0.15) is 5.60 Å². The lowest BCUT2D eigenvalue weighted by molar-refractivity contribution is 0.0600. The van der Waals surface area contributed by atoms with E-state index in [-0.39, 0.29) is 5.97 Å². The van der Waals surface area contributed by atoms with Crippen molar-refractivity contribution in [3.05, 3.63) is 59.2 Å². The molecule has 1 unspecified atom stereocenters. The van der Waals surface area contributed by atoms with E-state index in [1.807, 2.05) is 24.3 Å². The van der Waals surface area contributed by atoms with Crippen LogP contribution in [0, 0.1) is 0 Å². The average Bonchev–Trinajstić information content (AvgIpc) is 2.67. The standard InChI is InChI=1S/C16H14O3/c1-16(18)13-6-4-3-5-11(13)12-9-10(15(17)19-2)7-8-14(12)16/h3-9,18H,1-2H3. The second kappa shape index (κ2) is 3.93. The number of aliphatic hydroxyl groups is 1. The Morgan fingerprint density at radius 2 is 1.79 bits per heavy atom. The first-order chi connectivity index (χ1) is 9.05. The molecule has 2 aromatic rings. The zero-order chi connectivity index (χ0) is 13.6. The van der Waals surface area contributed by atoms with Crippen LogP contribution in [0.1, 0.15) is 28.4 Å². The lowest BCUT2D eigenvalue weighted by atomic mass is 9.93. The van der Waals surface area contributed by atoms with Gasteiger partial charge in [-0.15, -0.1) is 0 Å². The highest BCUT2D eigenvalue weighted by atomic mass is 16.5. The molecule has 1 aliphatic carbocycles. The molecule has 0 radical (unpaired) electrons. The first-order valence-electron chi connectivity index (χ1n) is 6.11. The zero-order valence-electron chi connectivity index (χ0n) is 10.8. The largest absolute Gasteiger partial charge is 0.465 e. The van der Waals surface area contributed by atoms with Gasteiger partial charge in [-0.25, -0.2) is 4.79 Å². The normalized spacial score (nSPS) is 19.7. The van der Waals surface area contributed by atoms with Crippen LogP contribution < -0.4 is 0 Å². The molecule has 3 rings (SSSR count). The molecule has 1 atom stereocenters. The van der Waals surface area contributed by atoms with E-state index in [0.29, 0.717) is 5.56 Å². The Bertz CT molecular complexity index is 671. The maximum Gasteiger partial charge on any atom is 0.337 e. The number of benzene rings is 2. The molecule has 19 heavy (non-hydrogen) atoms. The molecule has 3 heteroatoms. The van der Waals surface area contributed by atoms with Gasteiger partial charge < -0.3 is 9.84 Å². The van der Waals surface area contributed by atoms with Crippen LogP contribution in [-0.2, 0) is 10.3 Å². The third kappa shape index (κ3) is 1.59. The first-order valence-corrected chi connectivity index (χ1v) is 6.11. The van der Waals surface area contributed by atoms with Crippen LogP contribution in [-0.4, -0.2) is 18.2 Å². The SMILES string of the molecule is COC(=O)c1ccc2c(c1)-c1ccccc1C2(C)O. The number of fused-ring (bicyclic) bond motifs is 3. The van der Waals surface area contributed by atoms with Gasteiger partial charge in [-0.2, -0.15) is 0 Å². The van der Waals surface area contributed by atoms with E-state index in [9.17, 15) is 9.90 Å². The van der Waals surface area contributed by atoms with Crippen molar-refractivity contribution in [1.29, 1.82) is 0 Å². The van der Waals surface area contributed by atoms with Gasteiger partial charge >= 0.3 is 5.97 Å². The van der Waals surface area contributed by atoms with Crippen molar-refractivity contribution >= 4 is 5.97 Å². The highest BCUT2D eigenvalue weighted by Crippen LogP contribution is 2.47. The van der Waals surface area contributed by atoms with Crippen molar-refractivity contribution in [2.24, 2.45) is 0 Å². The fourth-order valence-electron chi connectivity index (χ4n) is 2.72. The van der Waals surface area contributed by atoms with E-state index in [1.54, 1.807) is 25.1 Å². The summed E-state index contributed by atoms with van der Waals surface area (Å²) in [6.45, 7) is 1.77. The van der Waals surface area contributed by atoms with Crippen molar-refractivity contribution in [2.45, 2.75) is 12.5 Å². The molecule has 0 fully saturated rings. The lowest BCUT2D eigenvalue weighted by Crippen LogP contribution is -2.19. The fourth-order valence-corrected chi connectivity index (χ4v) is 2.72. The van der Waals surface area contributed by atoms with Crippen LogP contribution in [0.15, 0.2) is 42.5 Å². The quantitative estimate of drug-likeness (QED) is 0.796. The number of methoxy groups -OCH3 is 1. The summed E-state index contributed by atoms with van der Waals surface area (Å²) in [6, 6.07) is 13.0. The summed E-state index contributed by atoms with van der Waals surface area (Å²) < 4.78 is 4.73. The van der Waals surface area contributed by atoms with Gasteiger partial charge in [0.2, 0.25) is 0 Å². The van der Waals surface area contributed by atoms with Crippen molar-refractivity contribution in [1.82, 2.24) is 0 Å². The van der Waals surface area contributed by atoms with Gasteiger partial charge in [0.25, 0.3) is 0 Å². The van der Waals surface area contributed by atoms with Crippen molar-refractivity contribution < 1.29 is 14.6 Å². The molecule has 0 saturated heterocycles. The molecular weight excluding hydrogens is 240 g/mol. The Morgan fingerprint density at radius 1 is 1.11 bits per heavy atom. The van der Waals surface area contributed by atoms with E-state index >= 15 is 0 Å². The molecule has 1 N–H and O–H groups in total. The maximum atomic E-state index is 11.6. The minimum atomic E-state index is -1.01. The number of hydrogen-bond acceptors (Lipinski definition) is 3. The predicted octanol–water partition coefficient (Wildman–Crippen LogP) is 2.71. The van der Waals surface area contributed by atoms with Gasteiger partial charge in [0.15, 0.2) is 0 Å². The van der Waals surface area contributed by atoms with E-state index in [0.717, 1.165) is 22.3 Å². The van der Waals surface area contributed by atoms with Gasteiger partial charge in [0, 0.05) is 0 Å². The summed E-state index contributed by atoms with van der Waals surface area (Å²) in [4.78, 5) is 11.6. The monoisotopic (exact) mass is 254 g/mol. The minimum Gasteiger partial charge on any atom is -0.465 e. The summed E-state index contributed by atoms with van der Waals surface area (Å²) in [5.74, 6) is -0.369. The smallest absolute Gasteiger partial charge is 0.337 e. The van der Waals surface area contributed by atoms with Gasteiger partial charge in [-0.3, -0.25) is 0 Å². The van der Waals surface area contributed by atoms with Crippen LogP contribution in [0.3, 0.4) is 0 Å². The number of ether oxygens (including phenoxy) is 1. The van der Waals surface area contributed by atoms with Gasteiger partial charge in [-0.05, 0) is 41.3 Å². The van der Waals surface area contributed by atoms with Crippen LogP contribution in [0.2, 0.25) is 0 Å². The second-order valence-electron chi connectivity index (χ2n) is 4.87. The summed E-state index contributed by atoms with van der Waals surface area (Å²) in [5, 5.41) is 10.7. The van der Waals surface area contributed by atoms with Crippen LogP contribution in [0.25, 0.3) is 11.1 Å². The van der Waals surface area contributed by atoms with E-state index in [1.165, 1.54) is 7.11 Å². The lowest BCUT2D eigenvalue weighted by Gasteiger charge is -2.19. The Morgan fingerprint density at radius 3 is 2.53 bits per heavy atom. The third-order valence-electron chi connectivity index (χ3n) is 3.71. The summed E-state index contributed by atoms with van der Waals surface area (Å²) in [5.41, 5.74) is 3.03. The van der Waals surface area contributed by atoms with Crippen LogP contribution >= 0.6 is 0 Å². The molecule has 2 aromatic carbocycles. The Balaban J connectivity index is 2.26. The molecule has 0 aromatic heterocycles. The van der Waals surface area contributed by atoms with Crippen molar-refractivity contribution in [3.8, 4) is 11.1 Å². The van der Waals surface area contributed by atoms with Crippen LogP contribution in [0.4, 0.5) is 0 Å². The Kier molecular flexibility index (Phi) is 2.47. The number of esters is 1. The van der Waals surface area contributed by atoms with Crippen molar-refractivity contribution in [3.63, 3.8) is 0 Å². The predicted molar refractivity (Wildman–Crippen MR) is 71.9 cm³/mol. The number of carbonyl (C=O) groups is 1. The Hall–Kier alpha value is -2.13. The number of carbonyl (C=O) groups excluding carboxylic acids is 1. The highest BCUT2D eigenvalue weighted by Gasteiger charge is 2.37. The molecule has 0 aliphatic heterocycles. The molecule has 0 amide bonds. The van der Waals surface area contributed by atoms with Crippen LogP contribution in [0.5, 0.6) is 0 Å².